The van der Waals surface area contributed by atoms with E-state index in [0.717, 1.165) is 18.8 Å². The highest BCUT2D eigenvalue weighted by molar-refractivity contribution is 5.77. The van der Waals surface area contributed by atoms with E-state index in [4.69, 9.17) is 14.0 Å². The number of ether oxygens (including phenoxy) is 2. The molecule has 0 bridgehead atoms. The Morgan fingerprint density at radius 2 is 1.97 bits per heavy atom. The highest BCUT2D eigenvalue weighted by Gasteiger charge is 2.26. The van der Waals surface area contributed by atoms with Crippen molar-refractivity contribution in [3.05, 3.63) is 11.7 Å². The molecule has 1 aliphatic rings. The second-order valence-electron chi connectivity index (χ2n) is 9.18. The van der Waals surface area contributed by atoms with Crippen LogP contribution < -0.4 is 5.32 Å². The summed E-state index contributed by atoms with van der Waals surface area (Å²) >= 11 is 0. The molecule has 8 nitrogen and oxygen atoms in total. The van der Waals surface area contributed by atoms with Crippen molar-refractivity contribution < 1.29 is 23.6 Å². The topological polar surface area (TPSA) is 104 Å². The van der Waals surface area contributed by atoms with Crippen molar-refractivity contribution in [3.63, 3.8) is 0 Å². The molecule has 1 aromatic rings. The number of nitrogens with zero attached hydrogens (tertiary/aromatic N) is 2. The molecule has 0 aliphatic heterocycles. The van der Waals surface area contributed by atoms with Crippen LogP contribution in [0.4, 0.5) is 0 Å². The van der Waals surface area contributed by atoms with Crippen LogP contribution in [0.15, 0.2) is 4.52 Å². The lowest BCUT2D eigenvalue weighted by Crippen LogP contribution is -2.27. The van der Waals surface area contributed by atoms with Crippen molar-refractivity contribution in [2.75, 3.05) is 13.7 Å². The van der Waals surface area contributed by atoms with Crippen LogP contribution in [-0.4, -0.2) is 41.3 Å². The molecule has 1 amide bonds. The number of methoxy groups -OCH3 is 1. The van der Waals surface area contributed by atoms with E-state index in [2.05, 4.69) is 15.5 Å². The first-order valence-corrected chi connectivity index (χ1v) is 11.1. The minimum absolute atomic E-state index is 0.0207. The predicted molar refractivity (Wildman–Crippen MR) is 112 cm³/mol. The summed E-state index contributed by atoms with van der Waals surface area (Å²) in [6.45, 7) is 5.71. The standard InChI is InChI=1S/C22H37N3O5/c1-22(2,3)29-20(27)13-17(12-8-11-16-9-6-5-7-10-16)21-24-18(25-30-21)14-23-19(26)15-28-4/h16-17H,5-15H2,1-4H3,(H,23,26). The van der Waals surface area contributed by atoms with Crippen LogP contribution in [0.25, 0.3) is 0 Å². The van der Waals surface area contributed by atoms with Gasteiger partial charge in [0.15, 0.2) is 5.82 Å². The molecule has 1 aromatic heterocycles. The maximum atomic E-state index is 12.4. The molecular formula is C22H37N3O5. The van der Waals surface area contributed by atoms with Crippen LogP contribution in [0.1, 0.15) is 96.2 Å². The number of nitrogens with one attached hydrogen (secondary N) is 1. The van der Waals surface area contributed by atoms with Gasteiger partial charge >= 0.3 is 5.97 Å². The van der Waals surface area contributed by atoms with Crippen molar-refractivity contribution in [3.8, 4) is 0 Å². The van der Waals surface area contributed by atoms with Gasteiger partial charge in [-0.1, -0.05) is 50.1 Å². The molecule has 1 aliphatic carbocycles. The summed E-state index contributed by atoms with van der Waals surface area (Å²) in [5.74, 6) is 0.908. The van der Waals surface area contributed by atoms with Crippen molar-refractivity contribution in [1.29, 1.82) is 0 Å². The van der Waals surface area contributed by atoms with E-state index in [0.29, 0.717) is 11.7 Å². The SMILES string of the molecule is COCC(=O)NCc1noc(C(CCCC2CCCCC2)CC(=O)OC(C)(C)C)n1. The van der Waals surface area contributed by atoms with Crippen molar-refractivity contribution in [2.45, 2.75) is 96.6 Å². The fraction of sp³-hybridized carbons (Fsp3) is 0.818. The molecule has 30 heavy (non-hydrogen) atoms. The highest BCUT2D eigenvalue weighted by atomic mass is 16.6. The van der Waals surface area contributed by atoms with E-state index in [1.807, 2.05) is 20.8 Å². The lowest BCUT2D eigenvalue weighted by Gasteiger charge is -2.23. The van der Waals surface area contributed by atoms with Crippen LogP contribution in [0.3, 0.4) is 0 Å². The molecule has 1 unspecified atom stereocenters. The first-order chi connectivity index (χ1) is 14.3. The van der Waals surface area contributed by atoms with Crippen LogP contribution in [0.2, 0.25) is 0 Å². The average molecular weight is 424 g/mol. The second-order valence-corrected chi connectivity index (χ2v) is 9.18. The normalized spacial score (nSPS) is 16.3. The number of amides is 1. The van der Waals surface area contributed by atoms with Gasteiger partial charge in [-0.3, -0.25) is 9.59 Å². The molecule has 0 spiro atoms. The zero-order valence-corrected chi connectivity index (χ0v) is 18.9. The summed E-state index contributed by atoms with van der Waals surface area (Å²) < 4.78 is 15.7. The summed E-state index contributed by atoms with van der Waals surface area (Å²) in [5.41, 5.74) is -0.532. The molecule has 0 saturated heterocycles. The molecule has 1 heterocycles. The number of rotatable bonds is 11. The number of esters is 1. The number of carbonyl (C=O) groups excluding carboxylic acids is 2. The molecule has 8 heteroatoms. The minimum Gasteiger partial charge on any atom is -0.460 e. The Morgan fingerprint density at radius 3 is 2.63 bits per heavy atom. The predicted octanol–water partition coefficient (Wildman–Crippen LogP) is 3.90. The Hall–Kier alpha value is -1.96. The Bertz CT molecular complexity index is 662. The molecule has 1 N–H and O–H groups in total. The van der Waals surface area contributed by atoms with E-state index >= 15 is 0 Å². The average Bonchev–Trinajstić information content (AvgIpc) is 3.14. The third-order valence-electron chi connectivity index (χ3n) is 5.27. The summed E-state index contributed by atoms with van der Waals surface area (Å²) in [4.78, 5) is 28.4. The Kier molecular flexibility index (Phi) is 9.75. The summed E-state index contributed by atoms with van der Waals surface area (Å²) in [6, 6.07) is 0. The molecule has 1 fully saturated rings. The zero-order chi connectivity index (χ0) is 22.0. The fourth-order valence-electron chi connectivity index (χ4n) is 3.89. The third-order valence-corrected chi connectivity index (χ3v) is 5.27. The molecule has 2 rings (SSSR count). The monoisotopic (exact) mass is 423 g/mol. The number of aromatic nitrogens is 2. The van der Waals surface area contributed by atoms with Crippen LogP contribution in [0, 0.1) is 5.92 Å². The van der Waals surface area contributed by atoms with Crippen LogP contribution in [0.5, 0.6) is 0 Å². The molecule has 0 radical (unpaired) electrons. The van der Waals surface area contributed by atoms with Gasteiger partial charge in [0.05, 0.1) is 13.0 Å². The quantitative estimate of drug-likeness (QED) is 0.538. The van der Waals surface area contributed by atoms with Crippen molar-refractivity contribution in [2.24, 2.45) is 5.92 Å². The lowest BCUT2D eigenvalue weighted by atomic mass is 9.84. The van der Waals surface area contributed by atoms with Gasteiger partial charge in [-0.15, -0.1) is 0 Å². The largest absolute Gasteiger partial charge is 0.460 e. The number of hydrogen-bond donors (Lipinski definition) is 1. The van der Waals surface area contributed by atoms with Crippen LogP contribution in [-0.2, 0) is 25.6 Å². The first-order valence-electron chi connectivity index (χ1n) is 11.1. The van der Waals surface area contributed by atoms with Gasteiger partial charge < -0.3 is 19.3 Å². The zero-order valence-electron chi connectivity index (χ0n) is 18.9. The highest BCUT2D eigenvalue weighted by Crippen LogP contribution is 2.31. The Labute approximate surface area is 179 Å². The van der Waals surface area contributed by atoms with Gasteiger partial charge in [0, 0.05) is 13.0 Å². The van der Waals surface area contributed by atoms with Crippen LogP contribution >= 0.6 is 0 Å². The number of carbonyl (C=O) groups is 2. The summed E-state index contributed by atoms with van der Waals surface area (Å²) in [7, 11) is 1.46. The van der Waals surface area contributed by atoms with Gasteiger partial charge in [-0.05, 0) is 33.1 Å². The fourth-order valence-corrected chi connectivity index (χ4v) is 3.89. The Balaban J connectivity index is 1.95. The van der Waals surface area contributed by atoms with E-state index in [1.54, 1.807) is 0 Å². The maximum Gasteiger partial charge on any atom is 0.307 e. The van der Waals surface area contributed by atoms with Gasteiger partial charge in [-0.25, -0.2) is 0 Å². The van der Waals surface area contributed by atoms with Crippen molar-refractivity contribution >= 4 is 11.9 Å². The molecule has 1 saturated carbocycles. The van der Waals surface area contributed by atoms with E-state index in [1.165, 1.54) is 45.6 Å². The van der Waals surface area contributed by atoms with E-state index in [-0.39, 0.29) is 37.4 Å². The Morgan fingerprint density at radius 1 is 1.23 bits per heavy atom. The van der Waals surface area contributed by atoms with Crippen molar-refractivity contribution in [1.82, 2.24) is 15.5 Å². The molecular weight excluding hydrogens is 386 g/mol. The first kappa shape index (κ1) is 24.3. The smallest absolute Gasteiger partial charge is 0.307 e. The van der Waals surface area contributed by atoms with Gasteiger partial charge in [0.25, 0.3) is 0 Å². The number of hydrogen-bond acceptors (Lipinski definition) is 7. The van der Waals surface area contributed by atoms with Gasteiger partial charge in [0.2, 0.25) is 11.8 Å². The third kappa shape index (κ3) is 9.24. The molecule has 0 aromatic carbocycles. The summed E-state index contributed by atoms with van der Waals surface area (Å²) in [5, 5.41) is 6.62. The molecule has 170 valence electrons. The van der Waals surface area contributed by atoms with E-state index < -0.39 is 5.60 Å². The second kappa shape index (κ2) is 12.0. The van der Waals surface area contributed by atoms with Gasteiger partial charge in [0.1, 0.15) is 12.2 Å². The minimum atomic E-state index is -0.532. The maximum absolute atomic E-state index is 12.4. The summed E-state index contributed by atoms with van der Waals surface area (Å²) in [6.07, 6.45) is 9.81. The van der Waals surface area contributed by atoms with E-state index in [9.17, 15) is 9.59 Å². The molecule has 1 atom stereocenters. The van der Waals surface area contributed by atoms with Gasteiger partial charge in [-0.2, -0.15) is 4.98 Å². The lowest BCUT2D eigenvalue weighted by molar-refractivity contribution is -0.155.